The fraction of sp³-hybridized carbons (Fsp3) is 0.231. The lowest BCUT2D eigenvalue weighted by Gasteiger charge is -2.18. The average molecular weight is 299 g/mol. The monoisotopic (exact) mass is 298 g/mol. The quantitative estimate of drug-likeness (QED) is 0.686. The maximum Gasteiger partial charge on any atom is 0.251 e. The van der Waals surface area contributed by atoms with Gasteiger partial charge in [-0.3, -0.25) is 9.59 Å². The van der Waals surface area contributed by atoms with E-state index < -0.39 is 6.04 Å². The minimum absolute atomic E-state index is 0.0915. The molecule has 19 heavy (non-hydrogen) atoms. The topological polar surface area (TPSA) is 49.4 Å². The van der Waals surface area contributed by atoms with E-state index in [1.54, 1.807) is 24.3 Å². The van der Waals surface area contributed by atoms with Crippen molar-refractivity contribution >= 4 is 40.7 Å². The number of nitrogens with zero attached hydrogens (tertiary/aromatic N) is 1. The normalized spacial score (nSPS) is 19.1. The Balaban J connectivity index is 2.32. The maximum atomic E-state index is 12.2. The Hall–Kier alpha value is -1.36. The number of anilines is 1. The van der Waals surface area contributed by atoms with Crippen molar-refractivity contribution in [3.05, 3.63) is 40.9 Å². The first kappa shape index (κ1) is 14.1. The first-order valence-corrected chi connectivity index (χ1v) is 6.47. The van der Waals surface area contributed by atoms with E-state index in [4.69, 9.17) is 23.2 Å². The molecule has 6 heteroatoms. The van der Waals surface area contributed by atoms with Crippen molar-refractivity contribution in [3.8, 4) is 0 Å². The number of imide groups is 1. The van der Waals surface area contributed by atoms with E-state index >= 15 is 0 Å². The first-order valence-electron chi connectivity index (χ1n) is 5.71. The molecule has 1 N–H and O–H groups in total. The second kappa shape index (κ2) is 5.74. The summed E-state index contributed by atoms with van der Waals surface area (Å²) in [5.74, 6) is -0.664. The molecular formula is C13H12Cl2N2O2. The lowest BCUT2D eigenvalue weighted by atomic mass is 10.2. The van der Waals surface area contributed by atoms with Crippen molar-refractivity contribution in [1.82, 2.24) is 5.32 Å². The van der Waals surface area contributed by atoms with Crippen molar-refractivity contribution in [1.29, 1.82) is 0 Å². The van der Waals surface area contributed by atoms with Gasteiger partial charge in [-0.15, -0.1) is 6.58 Å². The summed E-state index contributed by atoms with van der Waals surface area (Å²) in [6.45, 7) is 4.01. The summed E-state index contributed by atoms with van der Waals surface area (Å²) in [6, 6.07) is 4.28. The zero-order valence-electron chi connectivity index (χ0n) is 10.0. The predicted molar refractivity (Wildman–Crippen MR) is 75.6 cm³/mol. The minimum Gasteiger partial charge on any atom is -0.302 e. The molecule has 1 aliphatic heterocycles. The van der Waals surface area contributed by atoms with Gasteiger partial charge in [0.05, 0.1) is 28.2 Å². The molecular weight excluding hydrogens is 287 g/mol. The maximum absolute atomic E-state index is 12.2. The number of halogens is 2. The number of carbonyl (C=O) groups excluding carboxylic acids is 2. The van der Waals surface area contributed by atoms with Crippen molar-refractivity contribution < 1.29 is 9.59 Å². The van der Waals surface area contributed by atoms with Crippen molar-refractivity contribution in [2.24, 2.45) is 0 Å². The van der Waals surface area contributed by atoms with Crippen LogP contribution in [0.3, 0.4) is 0 Å². The summed E-state index contributed by atoms with van der Waals surface area (Å²) in [4.78, 5) is 25.2. The number of carbonyl (C=O) groups is 2. The van der Waals surface area contributed by atoms with E-state index in [2.05, 4.69) is 11.9 Å². The molecule has 1 aliphatic rings. The average Bonchev–Trinajstić information content (AvgIpc) is 2.63. The Kier molecular flexibility index (Phi) is 4.24. The van der Waals surface area contributed by atoms with Crippen molar-refractivity contribution in [2.75, 3.05) is 11.4 Å². The summed E-state index contributed by atoms with van der Waals surface area (Å²) < 4.78 is 0. The molecule has 0 aliphatic carbocycles. The molecule has 0 radical (unpaired) electrons. The van der Waals surface area contributed by atoms with Gasteiger partial charge in [0.25, 0.3) is 5.91 Å². The summed E-state index contributed by atoms with van der Waals surface area (Å²) >= 11 is 12.1. The summed E-state index contributed by atoms with van der Waals surface area (Å²) in [5, 5.41) is 3.49. The molecule has 1 heterocycles. The van der Waals surface area contributed by atoms with Crippen LogP contribution in [0.1, 0.15) is 6.42 Å². The smallest absolute Gasteiger partial charge is 0.251 e. The Bertz CT molecular complexity index is 525. The number of amides is 2. The van der Waals surface area contributed by atoms with Crippen LogP contribution in [0.2, 0.25) is 10.0 Å². The largest absolute Gasteiger partial charge is 0.302 e. The second-order valence-electron chi connectivity index (χ2n) is 4.09. The van der Waals surface area contributed by atoms with Gasteiger partial charge in [-0.25, -0.2) is 4.90 Å². The summed E-state index contributed by atoms with van der Waals surface area (Å²) in [6.07, 6.45) is 1.72. The zero-order chi connectivity index (χ0) is 14.0. The third-order valence-corrected chi connectivity index (χ3v) is 3.43. The third-order valence-electron chi connectivity index (χ3n) is 2.82. The van der Waals surface area contributed by atoms with Crippen LogP contribution in [0.15, 0.2) is 30.9 Å². The van der Waals surface area contributed by atoms with E-state index in [1.165, 1.54) is 0 Å². The molecule has 2 rings (SSSR count). The SMILES string of the molecule is C=CCNC1CC(=O)N(c2c(Cl)cccc2Cl)C1=O. The number of rotatable bonds is 4. The van der Waals surface area contributed by atoms with Crippen LogP contribution in [0.4, 0.5) is 5.69 Å². The standard InChI is InChI=1S/C13H12Cl2N2O2/c1-2-6-16-10-7-11(18)17(13(10)19)12-8(14)4-3-5-9(12)15/h2-5,10,16H,1,6-7H2. The molecule has 1 unspecified atom stereocenters. The second-order valence-corrected chi connectivity index (χ2v) is 4.91. The van der Waals surface area contributed by atoms with Gasteiger partial charge in [0.15, 0.2) is 0 Å². The molecule has 0 saturated carbocycles. The van der Waals surface area contributed by atoms with Crippen molar-refractivity contribution in [3.63, 3.8) is 0 Å². The van der Waals surface area contributed by atoms with E-state index in [0.29, 0.717) is 6.54 Å². The Morgan fingerprint density at radius 3 is 2.58 bits per heavy atom. The molecule has 1 saturated heterocycles. The fourth-order valence-corrected chi connectivity index (χ4v) is 2.52. The lowest BCUT2D eigenvalue weighted by molar-refractivity contribution is -0.121. The number of hydrogen-bond acceptors (Lipinski definition) is 3. The molecule has 4 nitrogen and oxygen atoms in total. The number of benzene rings is 1. The Morgan fingerprint density at radius 1 is 1.37 bits per heavy atom. The molecule has 100 valence electrons. The van der Waals surface area contributed by atoms with E-state index in [9.17, 15) is 9.59 Å². The highest BCUT2D eigenvalue weighted by Gasteiger charge is 2.40. The highest BCUT2D eigenvalue weighted by atomic mass is 35.5. The number of nitrogens with one attached hydrogen (secondary N) is 1. The predicted octanol–water partition coefficient (Wildman–Crippen LogP) is 2.40. The van der Waals surface area contributed by atoms with E-state index in [0.717, 1.165) is 4.90 Å². The zero-order valence-corrected chi connectivity index (χ0v) is 11.5. The molecule has 1 aromatic carbocycles. The Labute approximate surface area is 121 Å². The van der Waals surface area contributed by atoms with Gasteiger partial charge < -0.3 is 5.32 Å². The molecule has 2 amide bonds. The van der Waals surface area contributed by atoms with Crippen LogP contribution < -0.4 is 10.2 Å². The third kappa shape index (κ3) is 2.66. The van der Waals surface area contributed by atoms with Crippen LogP contribution >= 0.6 is 23.2 Å². The van der Waals surface area contributed by atoms with Gasteiger partial charge in [-0.2, -0.15) is 0 Å². The molecule has 1 fully saturated rings. The van der Waals surface area contributed by atoms with Crippen molar-refractivity contribution in [2.45, 2.75) is 12.5 Å². The molecule has 1 aromatic rings. The van der Waals surface area contributed by atoms with Gasteiger partial charge >= 0.3 is 0 Å². The highest BCUT2D eigenvalue weighted by Crippen LogP contribution is 2.36. The van der Waals surface area contributed by atoms with Gasteiger partial charge in [0.2, 0.25) is 5.91 Å². The van der Waals surface area contributed by atoms with Gasteiger partial charge in [-0.1, -0.05) is 35.3 Å². The van der Waals surface area contributed by atoms with Gasteiger partial charge in [0.1, 0.15) is 0 Å². The summed E-state index contributed by atoms with van der Waals surface area (Å²) in [7, 11) is 0. The van der Waals surface area contributed by atoms with Gasteiger partial charge in [-0.05, 0) is 12.1 Å². The number of hydrogen-bond donors (Lipinski definition) is 1. The lowest BCUT2D eigenvalue weighted by Crippen LogP contribution is -2.39. The van der Waals surface area contributed by atoms with Gasteiger partial charge in [0, 0.05) is 6.54 Å². The fourth-order valence-electron chi connectivity index (χ4n) is 1.95. The van der Waals surface area contributed by atoms with E-state index in [1.807, 2.05) is 0 Å². The van der Waals surface area contributed by atoms with E-state index in [-0.39, 0.29) is 34.0 Å². The minimum atomic E-state index is -0.558. The highest BCUT2D eigenvalue weighted by molar-refractivity contribution is 6.42. The molecule has 1 atom stereocenters. The first-order chi connectivity index (χ1) is 9.06. The summed E-state index contributed by atoms with van der Waals surface area (Å²) in [5.41, 5.74) is 0.253. The van der Waals surface area contributed by atoms with Crippen LogP contribution in [-0.4, -0.2) is 24.4 Å². The van der Waals surface area contributed by atoms with Crippen LogP contribution in [0.5, 0.6) is 0 Å². The van der Waals surface area contributed by atoms with Crippen LogP contribution in [0.25, 0.3) is 0 Å². The number of para-hydroxylation sites is 1. The van der Waals surface area contributed by atoms with Crippen LogP contribution in [0, 0.1) is 0 Å². The Morgan fingerprint density at radius 2 is 2.00 bits per heavy atom. The molecule has 0 aromatic heterocycles. The molecule has 0 spiro atoms. The van der Waals surface area contributed by atoms with Crippen LogP contribution in [-0.2, 0) is 9.59 Å². The molecule has 0 bridgehead atoms.